The van der Waals surface area contributed by atoms with Crippen molar-refractivity contribution >= 4 is 26.6 Å². The standard InChI is InChI=1S/C23H21F2N3O4S.2H2/c1-13(2)33(30,31)27-15-5-7-20(32-21-6-4-14(24)10-19(21)25)17(11-15)18-12-28(3)23(29)22-16(18)8-9-26-22;;/h4-13,26-27H,1-3H3;2*1H. The van der Waals surface area contributed by atoms with E-state index in [9.17, 15) is 22.0 Å². The largest absolute Gasteiger partial charge is 0.454 e. The molecule has 2 N–H and O–H groups in total. The maximum absolute atomic E-state index is 14.3. The number of rotatable bonds is 6. The number of fused-ring (bicyclic) bond motifs is 1. The number of halogens is 2. The Kier molecular flexibility index (Phi) is 5.71. The number of hydrogen-bond donors (Lipinski definition) is 2. The monoisotopic (exact) mass is 477 g/mol. The van der Waals surface area contributed by atoms with Crippen molar-refractivity contribution < 1.29 is 24.8 Å². The maximum atomic E-state index is 14.3. The normalized spacial score (nSPS) is 11.8. The van der Waals surface area contributed by atoms with Crippen LogP contribution in [-0.2, 0) is 17.1 Å². The van der Waals surface area contributed by atoms with E-state index >= 15 is 0 Å². The molecule has 0 aliphatic heterocycles. The first-order valence-electron chi connectivity index (χ1n) is 10.0. The van der Waals surface area contributed by atoms with Crippen LogP contribution in [-0.4, -0.2) is 23.2 Å². The quantitative estimate of drug-likeness (QED) is 0.397. The SMILES string of the molecule is CC(C)S(=O)(=O)Nc1ccc(Oc2ccc(F)cc2F)c(-c2cn(C)c(=O)c3[nH]ccc23)c1.[HH].[HH]. The lowest BCUT2D eigenvalue weighted by Gasteiger charge is -2.17. The fourth-order valence-electron chi connectivity index (χ4n) is 3.34. The lowest BCUT2D eigenvalue weighted by Crippen LogP contribution is -2.22. The van der Waals surface area contributed by atoms with Crippen molar-refractivity contribution in [3.05, 3.63) is 76.8 Å². The predicted molar refractivity (Wildman–Crippen MR) is 127 cm³/mol. The summed E-state index contributed by atoms with van der Waals surface area (Å²) in [6, 6.07) is 9.16. The first-order chi connectivity index (χ1) is 15.6. The van der Waals surface area contributed by atoms with Gasteiger partial charge in [0.25, 0.3) is 5.56 Å². The minimum absolute atomic E-state index is 0. The van der Waals surface area contributed by atoms with Gasteiger partial charge < -0.3 is 14.3 Å². The Bertz CT molecular complexity index is 1540. The van der Waals surface area contributed by atoms with Crippen LogP contribution in [0.5, 0.6) is 11.5 Å². The highest BCUT2D eigenvalue weighted by atomic mass is 32.2. The third-order valence-corrected chi connectivity index (χ3v) is 6.92. The zero-order valence-electron chi connectivity index (χ0n) is 18.0. The minimum Gasteiger partial charge on any atom is -0.454 e. The number of anilines is 1. The Hall–Kier alpha value is -3.66. The fourth-order valence-corrected chi connectivity index (χ4v) is 4.03. The highest BCUT2D eigenvalue weighted by molar-refractivity contribution is 7.93. The summed E-state index contributed by atoms with van der Waals surface area (Å²) < 4.78 is 62.0. The molecule has 7 nitrogen and oxygen atoms in total. The average Bonchev–Trinajstić information content (AvgIpc) is 3.23. The molecule has 4 aromatic rings. The number of ether oxygens (including phenoxy) is 1. The highest BCUT2D eigenvalue weighted by Crippen LogP contribution is 2.39. The van der Waals surface area contributed by atoms with Crippen molar-refractivity contribution in [1.82, 2.24) is 9.55 Å². The number of aromatic nitrogens is 2. The third kappa shape index (κ3) is 4.34. The molecular formula is C23H25F2N3O4S. The second-order valence-electron chi connectivity index (χ2n) is 7.81. The molecule has 0 saturated heterocycles. The number of sulfonamides is 1. The number of hydrogen-bond acceptors (Lipinski definition) is 4. The third-order valence-electron chi connectivity index (χ3n) is 5.16. The Morgan fingerprint density at radius 3 is 2.48 bits per heavy atom. The van der Waals surface area contributed by atoms with Crippen molar-refractivity contribution in [2.45, 2.75) is 19.1 Å². The Morgan fingerprint density at radius 2 is 1.79 bits per heavy atom. The van der Waals surface area contributed by atoms with Gasteiger partial charge in [-0.15, -0.1) is 0 Å². The number of H-pyrrole nitrogens is 1. The summed E-state index contributed by atoms with van der Waals surface area (Å²) in [7, 11) is -2.05. The summed E-state index contributed by atoms with van der Waals surface area (Å²) in [4.78, 5) is 15.4. The second kappa shape index (κ2) is 8.36. The molecule has 2 aromatic carbocycles. The van der Waals surface area contributed by atoms with E-state index in [1.165, 1.54) is 16.7 Å². The first kappa shape index (κ1) is 22.5. The van der Waals surface area contributed by atoms with Gasteiger partial charge >= 0.3 is 0 Å². The van der Waals surface area contributed by atoms with Gasteiger partial charge in [0, 0.05) is 50.6 Å². The van der Waals surface area contributed by atoms with Gasteiger partial charge in [0.2, 0.25) is 10.0 Å². The maximum Gasteiger partial charge on any atom is 0.274 e. The van der Waals surface area contributed by atoms with Crippen LogP contribution in [0.15, 0.2) is 59.7 Å². The molecule has 10 heteroatoms. The molecule has 0 aliphatic rings. The van der Waals surface area contributed by atoms with E-state index in [0.717, 1.165) is 12.1 Å². The zero-order chi connectivity index (χ0) is 23.9. The molecule has 4 rings (SSSR count). The average molecular weight is 478 g/mol. The number of nitrogens with zero attached hydrogens (tertiary/aromatic N) is 1. The number of aryl methyl sites for hydroxylation is 1. The molecule has 0 bridgehead atoms. The number of nitrogens with one attached hydrogen (secondary N) is 2. The Morgan fingerprint density at radius 1 is 1.06 bits per heavy atom. The summed E-state index contributed by atoms with van der Waals surface area (Å²) in [6.45, 7) is 3.10. The Labute approximate surface area is 191 Å². The van der Waals surface area contributed by atoms with E-state index in [0.29, 0.717) is 28.1 Å². The van der Waals surface area contributed by atoms with Crippen LogP contribution in [0, 0.1) is 11.6 Å². The summed E-state index contributed by atoms with van der Waals surface area (Å²) >= 11 is 0. The van der Waals surface area contributed by atoms with E-state index in [2.05, 4.69) is 9.71 Å². The molecule has 0 aliphatic carbocycles. The number of aromatic amines is 1. The molecule has 2 heterocycles. The molecule has 0 saturated carbocycles. The van der Waals surface area contributed by atoms with Crippen molar-refractivity contribution in [3.63, 3.8) is 0 Å². The van der Waals surface area contributed by atoms with Crippen LogP contribution in [0.3, 0.4) is 0 Å². The van der Waals surface area contributed by atoms with Crippen LogP contribution < -0.4 is 15.0 Å². The van der Waals surface area contributed by atoms with E-state index in [1.54, 1.807) is 45.4 Å². The van der Waals surface area contributed by atoms with Crippen molar-refractivity contribution in [1.29, 1.82) is 0 Å². The molecular weight excluding hydrogens is 452 g/mol. The van der Waals surface area contributed by atoms with Crippen LogP contribution in [0.2, 0.25) is 0 Å². The summed E-state index contributed by atoms with van der Waals surface area (Å²) in [5.41, 5.74) is 1.33. The smallest absolute Gasteiger partial charge is 0.274 e. The van der Waals surface area contributed by atoms with Crippen LogP contribution in [0.4, 0.5) is 14.5 Å². The molecule has 0 radical (unpaired) electrons. The van der Waals surface area contributed by atoms with Crippen LogP contribution in [0.25, 0.3) is 22.0 Å². The predicted octanol–water partition coefficient (Wildman–Crippen LogP) is 5.25. The van der Waals surface area contributed by atoms with Crippen LogP contribution >= 0.6 is 0 Å². The van der Waals surface area contributed by atoms with Gasteiger partial charge in [-0.1, -0.05) is 0 Å². The van der Waals surface area contributed by atoms with E-state index in [1.807, 2.05) is 0 Å². The topological polar surface area (TPSA) is 93.2 Å². The molecule has 0 amide bonds. The van der Waals surface area contributed by atoms with Gasteiger partial charge in [0.15, 0.2) is 11.6 Å². The van der Waals surface area contributed by atoms with E-state index < -0.39 is 26.9 Å². The van der Waals surface area contributed by atoms with Crippen molar-refractivity contribution in [2.24, 2.45) is 7.05 Å². The van der Waals surface area contributed by atoms with E-state index in [4.69, 9.17) is 4.74 Å². The van der Waals surface area contributed by atoms with Gasteiger partial charge in [-0.25, -0.2) is 17.2 Å². The number of benzene rings is 2. The van der Waals surface area contributed by atoms with E-state index in [-0.39, 0.29) is 25.6 Å². The molecule has 33 heavy (non-hydrogen) atoms. The van der Waals surface area contributed by atoms with Crippen molar-refractivity contribution in [2.75, 3.05) is 4.72 Å². The van der Waals surface area contributed by atoms with Gasteiger partial charge in [-0.2, -0.15) is 0 Å². The van der Waals surface area contributed by atoms with Gasteiger partial charge in [-0.05, 0) is 50.2 Å². The summed E-state index contributed by atoms with van der Waals surface area (Å²) in [5, 5.41) is -0.0921. The van der Waals surface area contributed by atoms with Gasteiger partial charge in [0.05, 0.1) is 5.25 Å². The lowest BCUT2D eigenvalue weighted by atomic mass is 10.0. The number of pyridine rings is 1. The molecule has 0 spiro atoms. The zero-order valence-corrected chi connectivity index (χ0v) is 18.8. The molecule has 176 valence electrons. The van der Waals surface area contributed by atoms with Crippen molar-refractivity contribution in [3.8, 4) is 22.6 Å². The van der Waals surface area contributed by atoms with Crippen LogP contribution in [0.1, 0.15) is 16.7 Å². The summed E-state index contributed by atoms with van der Waals surface area (Å²) in [6.07, 6.45) is 3.20. The molecule has 2 aromatic heterocycles. The Balaban J connectivity index is 0.00000216. The first-order valence-corrected chi connectivity index (χ1v) is 11.6. The minimum atomic E-state index is -3.63. The highest BCUT2D eigenvalue weighted by Gasteiger charge is 2.20. The molecule has 0 atom stereocenters. The van der Waals surface area contributed by atoms with Gasteiger partial charge in [-0.3, -0.25) is 9.52 Å². The summed E-state index contributed by atoms with van der Waals surface area (Å²) in [5.74, 6) is -1.65. The molecule has 0 fully saturated rings. The second-order valence-corrected chi connectivity index (χ2v) is 10.0. The lowest BCUT2D eigenvalue weighted by molar-refractivity contribution is 0.439. The van der Waals surface area contributed by atoms with Gasteiger partial charge in [0.1, 0.15) is 17.1 Å². The molecule has 0 unspecified atom stereocenters. The fraction of sp³-hybridized carbons (Fsp3) is 0.174.